The van der Waals surface area contributed by atoms with Crippen molar-refractivity contribution in [3.05, 3.63) is 71.4 Å². The number of hydrogen-bond donors (Lipinski definition) is 2. The van der Waals surface area contributed by atoms with Crippen molar-refractivity contribution in [3.8, 4) is 0 Å². The number of rotatable bonds is 6. The molecule has 1 unspecified atom stereocenters. The number of nitrogens with zero attached hydrogens (tertiary/aromatic N) is 1. The number of aliphatic carboxylic acids is 1. The number of amides is 1. The van der Waals surface area contributed by atoms with Crippen molar-refractivity contribution in [3.63, 3.8) is 0 Å². The molecular formula is C19H17ClN2O3. The number of benzene rings is 2. The lowest BCUT2D eigenvalue weighted by molar-refractivity contribution is -0.141. The Balaban J connectivity index is 1.70. The summed E-state index contributed by atoms with van der Waals surface area (Å²) in [6.45, 7) is 0.0453. The molecule has 1 aromatic heterocycles. The summed E-state index contributed by atoms with van der Waals surface area (Å²) in [5, 5.41) is 13.5. The predicted octanol–water partition coefficient (Wildman–Crippen LogP) is 3.11. The van der Waals surface area contributed by atoms with Crippen LogP contribution in [0.5, 0.6) is 0 Å². The zero-order chi connectivity index (χ0) is 17.8. The van der Waals surface area contributed by atoms with Gasteiger partial charge in [0.15, 0.2) is 0 Å². The van der Waals surface area contributed by atoms with E-state index in [-0.39, 0.29) is 18.9 Å². The summed E-state index contributed by atoms with van der Waals surface area (Å²) in [5.74, 6) is -1.41. The Kier molecular flexibility index (Phi) is 5.05. The first-order valence-electron chi connectivity index (χ1n) is 7.83. The summed E-state index contributed by atoms with van der Waals surface area (Å²) in [7, 11) is 0. The van der Waals surface area contributed by atoms with E-state index in [1.54, 1.807) is 16.8 Å². The molecule has 0 aliphatic carbocycles. The number of carboxylic acids is 1. The van der Waals surface area contributed by atoms with Crippen LogP contribution in [0.1, 0.15) is 5.56 Å². The number of carboxylic acid groups (broad SMARTS) is 1. The molecular weight excluding hydrogens is 340 g/mol. The van der Waals surface area contributed by atoms with Crippen LogP contribution in [0.2, 0.25) is 5.02 Å². The van der Waals surface area contributed by atoms with E-state index in [9.17, 15) is 14.7 Å². The molecule has 5 nitrogen and oxygen atoms in total. The van der Waals surface area contributed by atoms with Gasteiger partial charge in [-0.05, 0) is 29.8 Å². The molecule has 0 saturated heterocycles. The molecule has 0 fully saturated rings. The van der Waals surface area contributed by atoms with Crippen molar-refractivity contribution in [1.29, 1.82) is 0 Å². The zero-order valence-corrected chi connectivity index (χ0v) is 14.1. The fourth-order valence-corrected chi connectivity index (χ4v) is 2.93. The van der Waals surface area contributed by atoms with E-state index in [1.807, 2.05) is 48.5 Å². The second-order valence-electron chi connectivity index (χ2n) is 5.79. The fraction of sp³-hybridized carbons (Fsp3) is 0.158. The first-order valence-corrected chi connectivity index (χ1v) is 8.21. The standard InChI is InChI=1S/C19H17ClN2O3/c20-15-6-7-17-14(11-15)8-9-22(17)12-18(23)21-16(19(24)25)10-13-4-2-1-3-5-13/h1-9,11,16H,10,12H2,(H,21,23)(H,24,25). The SMILES string of the molecule is O=C(Cn1ccc2cc(Cl)ccc21)NC(Cc1ccccc1)C(=O)O. The quantitative estimate of drug-likeness (QED) is 0.713. The summed E-state index contributed by atoms with van der Waals surface area (Å²) in [4.78, 5) is 23.8. The Morgan fingerprint density at radius 3 is 2.60 bits per heavy atom. The molecule has 128 valence electrons. The second kappa shape index (κ2) is 7.40. The van der Waals surface area contributed by atoms with E-state index in [1.165, 1.54) is 0 Å². The van der Waals surface area contributed by atoms with E-state index < -0.39 is 12.0 Å². The maximum absolute atomic E-state index is 12.3. The van der Waals surface area contributed by atoms with Crippen LogP contribution in [0, 0.1) is 0 Å². The number of carbonyl (C=O) groups is 2. The van der Waals surface area contributed by atoms with Gasteiger partial charge in [-0.15, -0.1) is 0 Å². The number of nitrogens with one attached hydrogen (secondary N) is 1. The Bertz CT molecular complexity index is 905. The lowest BCUT2D eigenvalue weighted by Gasteiger charge is -2.15. The Hall–Kier alpha value is -2.79. The Morgan fingerprint density at radius 2 is 1.88 bits per heavy atom. The molecule has 25 heavy (non-hydrogen) atoms. The molecule has 1 atom stereocenters. The highest BCUT2D eigenvalue weighted by molar-refractivity contribution is 6.31. The van der Waals surface area contributed by atoms with Crippen molar-refractivity contribution in [1.82, 2.24) is 9.88 Å². The molecule has 3 rings (SSSR count). The first-order chi connectivity index (χ1) is 12.0. The molecule has 0 saturated carbocycles. The molecule has 1 heterocycles. The molecule has 0 aliphatic rings. The number of hydrogen-bond acceptors (Lipinski definition) is 2. The molecule has 0 aliphatic heterocycles. The number of aromatic nitrogens is 1. The largest absolute Gasteiger partial charge is 0.480 e. The summed E-state index contributed by atoms with van der Waals surface area (Å²) >= 11 is 5.96. The molecule has 1 amide bonds. The maximum Gasteiger partial charge on any atom is 0.326 e. The molecule has 0 bridgehead atoms. The third-order valence-electron chi connectivity index (χ3n) is 3.96. The first kappa shape index (κ1) is 17.0. The van der Waals surface area contributed by atoms with Crippen molar-refractivity contribution >= 4 is 34.4 Å². The highest BCUT2D eigenvalue weighted by Gasteiger charge is 2.20. The minimum Gasteiger partial charge on any atom is -0.480 e. The van der Waals surface area contributed by atoms with E-state index >= 15 is 0 Å². The molecule has 6 heteroatoms. The van der Waals surface area contributed by atoms with Gasteiger partial charge in [-0.2, -0.15) is 0 Å². The third kappa shape index (κ3) is 4.19. The Morgan fingerprint density at radius 1 is 1.12 bits per heavy atom. The van der Waals surface area contributed by atoms with Gasteiger partial charge in [-0.3, -0.25) is 4.79 Å². The summed E-state index contributed by atoms with van der Waals surface area (Å²) in [6.07, 6.45) is 2.03. The summed E-state index contributed by atoms with van der Waals surface area (Å²) in [5.41, 5.74) is 1.73. The topological polar surface area (TPSA) is 71.3 Å². The van der Waals surface area contributed by atoms with Crippen molar-refractivity contribution < 1.29 is 14.7 Å². The summed E-state index contributed by atoms with van der Waals surface area (Å²) < 4.78 is 1.77. The highest BCUT2D eigenvalue weighted by atomic mass is 35.5. The number of halogens is 1. The van der Waals surface area contributed by atoms with Gasteiger partial charge in [-0.25, -0.2) is 4.79 Å². The molecule has 2 aromatic carbocycles. The van der Waals surface area contributed by atoms with Crippen LogP contribution in [0.15, 0.2) is 60.8 Å². The lowest BCUT2D eigenvalue weighted by Crippen LogP contribution is -2.43. The van der Waals surface area contributed by atoms with E-state index in [2.05, 4.69) is 5.32 Å². The molecule has 0 radical (unpaired) electrons. The molecule has 3 aromatic rings. The Labute approximate surface area is 149 Å². The van der Waals surface area contributed by atoms with Gasteiger partial charge in [-0.1, -0.05) is 41.9 Å². The van der Waals surface area contributed by atoms with Gasteiger partial charge in [0.1, 0.15) is 12.6 Å². The van der Waals surface area contributed by atoms with E-state index in [0.717, 1.165) is 16.5 Å². The fourth-order valence-electron chi connectivity index (χ4n) is 2.75. The van der Waals surface area contributed by atoms with Crippen molar-refractivity contribution in [2.45, 2.75) is 19.0 Å². The average molecular weight is 357 g/mol. The third-order valence-corrected chi connectivity index (χ3v) is 4.20. The van der Waals surface area contributed by atoms with Crippen LogP contribution in [-0.2, 0) is 22.6 Å². The van der Waals surface area contributed by atoms with Crippen molar-refractivity contribution in [2.75, 3.05) is 0 Å². The maximum atomic E-state index is 12.3. The summed E-state index contributed by atoms with van der Waals surface area (Å²) in [6, 6.07) is 15.5. The predicted molar refractivity (Wildman–Crippen MR) is 96.7 cm³/mol. The van der Waals surface area contributed by atoms with E-state index in [4.69, 9.17) is 11.6 Å². The van der Waals surface area contributed by atoms with E-state index in [0.29, 0.717) is 5.02 Å². The molecule has 0 spiro atoms. The second-order valence-corrected chi connectivity index (χ2v) is 6.23. The van der Waals surface area contributed by atoms with Gasteiger partial charge < -0.3 is 15.0 Å². The van der Waals surface area contributed by atoms with Crippen LogP contribution in [0.4, 0.5) is 0 Å². The van der Waals surface area contributed by atoms with Gasteiger partial charge in [0.2, 0.25) is 5.91 Å². The van der Waals surface area contributed by atoms with Crippen LogP contribution >= 0.6 is 11.6 Å². The van der Waals surface area contributed by atoms with Crippen LogP contribution in [0.3, 0.4) is 0 Å². The highest BCUT2D eigenvalue weighted by Crippen LogP contribution is 2.20. The van der Waals surface area contributed by atoms with Gasteiger partial charge in [0.25, 0.3) is 0 Å². The van der Waals surface area contributed by atoms with Crippen LogP contribution in [-0.4, -0.2) is 27.6 Å². The minimum absolute atomic E-state index is 0.0453. The van der Waals surface area contributed by atoms with Gasteiger partial charge in [0.05, 0.1) is 0 Å². The smallest absolute Gasteiger partial charge is 0.326 e. The van der Waals surface area contributed by atoms with Gasteiger partial charge in [0, 0.05) is 28.5 Å². The molecule has 2 N–H and O–H groups in total. The number of carbonyl (C=O) groups excluding carboxylic acids is 1. The number of fused-ring (bicyclic) bond motifs is 1. The monoisotopic (exact) mass is 356 g/mol. The zero-order valence-electron chi connectivity index (χ0n) is 13.4. The van der Waals surface area contributed by atoms with Gasteiger partial charge >= 0.3 is 5.97 Å². The van der Waals surface area contributed by atoms with Crippen LogP contribution < -0.4 is 5.32 Å². The normalized spacial score (nSPS) is 12.0. The van der Waals surface area contributed by atoms with Crippen LogP contribution in [0.25, 0.3) is 10.9 Å². The minimum atomic E-state index is -1.05. The lowest BCUT2D eigenvalue weighted by atomic mass is 10.1. The average Bonchev–Trinajstić information content (AvgIpc) is 2.97. The van der Waals surface area contributed by atoms with Crippen molar-refractivity contribution in [2.24, 2.45) is 0 Å².